The lowest BCUT2D eigenvalue weighted by atomic mass is 10.2. The molecule has 2 aromatic rings. The normalized spacial score (nSPS) is 11.2. The Morgan fingerprint density at radius 1 is 1.27 bits per heavy atom. The van der Waals surface area contributed by atoms with E-state index in [4.69, 9.17) is 9.47 Å². The van der Waals surface area contributed by atoms with E-state index in [1.807, 2.05) is 20.8 Å². The lowest BCUT2D eigenvalue weighted by Gasteiger charge is -2.19. The monoisotopic (exact) mass is 321 g/mol. The van der Waals surface area contributed by atoms with Gasteiger partial charge in [0.2, 0.25) is 5.88 Å². The van der Waals surface area contributed by atoms with Crippen molar-refractivity contribution in [2.45, 2.75) is 26.4 Å². The quantitative estimate of drug-likeness (QED) is 0.828. The van der Waals surface area contributed by atoms with Gasteiger partial charge in [-0.3, -0.25) is 10.1 Å². The van der Waals surface area contributed by atoms with E-state index >= 15 is 0 Å². The van der Waals surface area contributed by atoms with Crippen LogP contribution in [0.1, 0.15) is 31.1 Å². The molecular weight excluding hydrogens is 302 g/mol. The number of pyridine rings is 1. The summed E-state index contributed by atoms with van der Waals surface area (Å²) in [5.41, 5.74) is 0.266. The van der Waals surface area contributed by atoms with Crippen LogP contribution in [0.15, 0.2) is 29.9 Å². The highest BCUT2D eigenvalue weighted by atomic mass is 32.1. The number of rotatable bonds is 6. The smallest absolute Gasteiger partial charge is 0.259 e. The van der Waals surface area contributed by atoms with E-state index < -0.39 is 0 Å². The van der Waals surface area contributed by atoms with E-state index in [2.05, 4.69) is 15.3 Å². The fourth-order valence-electron chi connectivity index (χ4n) is 1.55. The Kier molecular flexibility index (Phi) is 5.46. The average Bonchev–Trinajstić information content (AvgIpc) is 2.96. The van der Waals surface area contributed by atoms with Crippen LogP contribution in [0.25, 0.3) is 0 Å². The lowest BCUT2D eigenvalue weighted by Crippen LogP contribution is -2.22. The number of aromatic nitrogens is 2. The first kappa shape index (κ1) is 16.4. The summed E-state index contributed by atoms with van der Waals surface area (Å²) in [4.78, 5) is 20.1. The van der Waals surface area contributed by atoms with Crippen LogP contribution in [0, 0.1) is 0 Å². The second kappa shape index (κ2) is 7.33. The summed E-state index contributed by atoms with van der Waals surface area (Å²) in [6.45, 7) is 6.86. The van der Waals surface area contributed by atoms with Crippen LogP contribution in [0.3, 0.4) is 0 Å². The van der Waals surface area contributed by atoms with Gasteiger partial charge < -0.3 is 9.47 Å². The van der Waals surface area contributed by atoms with Gasteiger partial charge in [0.05, 0.1) is 17.8 Å². The van der Waals surface area contributed by atoms with Gasteiger partial charge >= 0.3 is 0 Å². The number of ether oxygens (including phenoxy) is 2. The van der Waals surface area contributed by atoms with Gasteiger partial charge in [-0.15, -0.1) is 11.3 Å². The minimum atomic E-state index is -0.245. The van der Waals surface area contributed by atoms with Gasteiger partial charge in [0.15, 0.2) is 5.13 Å². The molecule has 1 amide bonds. The Labute approximate surface area is 133 Å². The zero-order valence-corrected chi connectivity index (χ0v) is 13.6. The molecule has 0 aromatic carbocycles. The van der Waals surface area contributed by atoms with Crippen molar-refractivity contribution >= 4 is 22.4 Å². The molecule has 118 valence electrons. The molecule has 0 fully saturated rings. The number of carbonyl (C=O) groups is 1. The Hall–Kier alpha value is -1.99. The van der Waals surface area contributed by atoms with Crippen molar-refractivity contribution in [1.29, 1.82) is 0 Å². The number of amides is 1. The highest BCUT2D eigenvalue weighted by Gasteiger charge is 2.10. The molecule has 6 nitrogen and oxygen atoms in total. The Bertz CT molecular complexity index is 591. The van der Waals surface area contributed by atoms with E-state index in [1.165, 1.54) is 17.5 Å². The molecule has 0 atom stereocenters. The van der Waals surface area contributed by atoms with Crippen LogP contribution in [0.5, 0.6) is 5.88 Å². The van der Waals surface area contributed by atoms with Gasteiger partial charge in [-0.25, -0.2) is 9.97 Å². The van der Waals surface area contributed by atoms with Crippen LogP contribution in [-0.2, 0) is 4.74 Å². The molecule has 0 saturated heterocycles. The highest BCUT2D eigenvalue weighted by molar-refractivity contribution is 7.13. The Morgan fingerprint density at radius 2 is 2.09 bits per heavy atom. The number of thiazole rings is 1. The standard InChI is InChI=1S/C15H19N3O3S/c1-15(2,3)21-8-7-20-12-5-4-11(10-17-12)13(19)18-14-16-6-9-22-14/h4-6,9-10H,7-8H2,1-3H3,(H,16,18,19). The third kappa shape index (κ3) is 5.42. The minimum absolute atomic E-state index is 0.186. The van der Waals surface area contributed by atoms with Gasteiger partial charge in [0.1, 0.15) is 6.61 Å². The van der Waals surface area contributed by atoms with Gasteiger partial charge in [-0.1, -0.05) is 0 Å². The van der Waals surface area contributed by atoms with E-state index in [1.54, 1.807) is 23.7 Å². The van der Waals surface area contributed by atoms with Crippen LogP contribution in [0.4, 0.5) is 5.13 Å². The van der Waals surface area contributed by atoms with Crippen molar-refractivity contribution in [2.75, 3.05) is 18.5 Å². The van der Waals surface area contributed by atoms with Gasteiger partial charge in [0.25, 0.3) is 5.91 Å². The minimum Gasteiger partial charge on any atom is -0.475 e. The molecule has 0 spiro atoms. The summed E-state index contributed by atoms with van der Waals surface area (Å²) < 4.78 is 11.0. The Morgan fingerprint density at radius 3 is 2.68 bits per heavy atom. The molecule has 0 aliphatic heterocycles. The maximum Gasteiger partial charge on any atom is 0.259 e. The zero-order valence-electron chi connectivity index (χ0n) is 12.8. The first-order chi connectivity index (χ1) is 10.4. The SMILES string of the molecule is CC(C)(C)OCCOc1ccc(C(=O)Nc2nccs2)cn1. The van der Waals surface area contributed by atoms with Crippen molar-refractivity contribution in [3.05, 3.63) is 35.5 Å². The summed E-state index contributed by atoms with van der Waals surface area (Å²) in [6, 6.07) is 3.32. The van der Waals surface area contributed by atoms with E-state index in [0.717, 1.165) is 0 Å². The molecule has 2 heterocycles. The van der Waals surface area contributed by atoms with Crippen molar-refractivity contribution in [3.63, 3.8) is 0 Å². The molecule has 0 aliphatic carbocycles. The lowest BCUT2D eigenvalue weighted by molar-refractivity contribution is -0.0168. The molecule has 0 radical (unpaired) electrons. The van der Waals surface area contributed by atoms with E-state index in [0.29, 0.717) is 29.8 Å². The predicted molar refractivity (Wildman–Crippen MR) is 85.5 cm³/mol. The van der Waals surface area contributed by atoms with Crippen LogP contribution in [0.2, 0.25) is 0 Å². The van der Waals surface area contributed by atoms with Crippen LogP contribution < -0.4 is 10.1 Å². The maximum absolute atomic E-state index is 11.9. The molecule has 2 aromatic heterocycles. The number of hydrogen-bond acceptors (Lipinski definition) is 6. The van der Waals surface area contributed by atoms with E-state index in [-0.39, 0.29) is 11.5 Å². The maximum atomic E-state index is 11.9. The van der Waals surface area contributed by atoms with Gasteiger partial charge in [-0.2, -0.15) is 0 Å². The van der Waals surface area contributed by atoms with Crippen LogP contribution in [-0.4, -0.2) is 34.7 Å². The van der Waals surface area contributed by atoms with Crippen molar-refractivity contribution in [2.24, 2.45) is 0 Å². The molecule has 2 rings (SSSR count). The van der Waals surface area contributed by atoms with Gasteiger partial charge in [0, 0.05) is 23.8 Å². The fraction of sp³-hybridized carbons (Fsp3) is 0.400. The van der Waals surface area contributed by atoms with Gasteiger partial charge in [-0.05, 0) is 26.8 Å². The molecule has 1 N–H and O–H groups in total. The molecule has 0 unspecified atom stereocenters. The summed E-state index contributed by atoms with van der Waals surface area (Å²) in [7, 11) is 0. The fourth-order valence-corrected chi connectivity index (χ4v) is 2.07. The number of carbonyl (C=O) groups excluding carboxylic acids is 1. The molecule has 7 heteroatoms. The molecular formula is C15H19N3O3S. The number of nitrogens with zero attached hydrogens (tertiary/aromatic N) is 2. The zero-order chi connectivity index (χ0) is 16.0. The first-order valence-electron chi connectivity index (χ1n) is 6.88. The number of hydrogen-bond donors (Lipinski definition) is 1. The third-order valence-electron chi connectivity index (χ3n) is 2.52. The molecule has 22 heavy (non-hydrogen) atoms. The summed E-state index contributed by atoms with van der Waals surface area (Å²) in [5, 5.41) is 5.05. The van der Waals surface area contributed by atoms with E-state index in [9.17, 15) is 4.79 Å². The van der Waals surface area contributed by atoms with Crippen molar-refractivity contribution in [1.82, 2.24) is 9.97 Å². The summed E-state index contributed by atoms with van der Waals surface area (Å²) >= 11 is 1.36. The summed E-state index contributed by atoms with van der Waals surface area (Å²) in [5.74, 6) is 0.216. The first-order valence-corrected chi connectivity index (χ1v) is 7.76. The highest BCUT2D eigenvalue weighted by Crippen LogP contribution is 2.13. The Balaban J connectivity index is 1.81. The number of nitrogens with one attached hydrogen (secondary N) is 1. The summed E-state index contributed by atoms with van der Waals surface area (Å²) in [6.07, 6.45) is 3.11. The second-order valence-corrected chi connectivity index (χ2v) is 6.38. The second-order valence-electron chi connectivity index (χ2n) is 5.49. The third-order valence-corrected chi connectivity index (χ3v) is 3.21. The van der Waals surface area contributed by atoms with Crippen molar-refractivity contribution in [3.8, 4) is 5.88 Å². The largest absolute Gasteiger partial charge is 0.475 e. The molecule has 0 bridgehead atoms. The average molecular weight is 321 g/mol. The molecule has 0 saturated carbocycles. The molecule has 0 aliphatic rings. The van der Waals surface area contributed by atoms with Crippen molar-refractivity contribution < 1.29 is 14.3 Å². The topological polar surface area (TPSA) is 73.3 Å². The predicted octanol–water partition coefficient (Wildman–Crippen LogP) is 2.98. The number of anilines is 1. The van der Waals surface area contributed by atoms with Crippen LogP contribution >= 0.6 is 11.3 Å².